The van der Waals surface area contributed by atoms with Crippen LogP contribution in [0.25, 0.3) is 0 Å². The molecule has 4 rings (SSSR count). The molecule has 1 aliphatic heterocycles. The van der Waals surface area contributed by atoms with Crippen molar-refractivity contribution in [2.75, 3.05) is 25.6 Å². The molecule has 0 spiro atoms. The number of nitrogens with one attached hydrogen (secondary N) is 1. The summed E-state index contributed by atoms with van der Waals surface area (Å²) in [5.41, 5.74) is 3.51. The Morgan fingerprint density at radius 1 is 1.03 bits per heavy atom. The number of benzene rings is 3. The van der Waals surface area contributed by atoms with Gasteiger partial charge in [0.2, 0.25) is 0 Å². The summed E-state index contributed by atoms with van der Waals surface area (Å²) in [7, 11) is 1.60. The van der Waals surface area contributed by atoms with Gasteiger partial charge in [-0.2, -0.15) is 0 Å². The van der Waals surface area contributed by atoms with Crippen LogP contribution in [0.3, 0.4) is 0 Å². The maximum absolute atomic E-state index is 13.0. The van der Waals surface area contributed by atoms with Crippen LogP contribution in [-0.4, -0.2) is 31.2 Å². The molecule has 2 amide bonds. The van der Waals surface area contributed by atoms with Crippen molar-refractivity contribution in [2.45, 2.75) is 19.8 Å². The van der Waals surface area contributed by atoms with Crippen molar-refractivity contribution in [3.63, 3.8) is 0 Å². The molecule has 6 nitrogen and oxygen atoms in total. The summed E-state index contributed by atoms with van der Waals surface area (Å²) in [5.74, 6) is 1.24. The van der Waals surface area contributed by atoms with Crippen LogP contribution in [0.1, 0.15) is 16.7 Å². The van der Waals surface area contributed by atoms with Crippen LogP contribution in [0.5, 0.6) is 11.5 Å². The molecule has 0 unspecified atom stereocenters. The van der Waals surface area contributed by atoms with Crippen LogP contribution in [0.2, 0.25) is 0 Å². The maximum atomic E-state index is 13.0. The number of amides is 2. The third-order valence-electron chi connectivity index (χ3n) is 5.18. The number of methoxy groups -OCH3 is 1. The molecule has 3 aromatic carbocycles. The number of halogens is 1. The Labute approximate surface area is 186 Å². The molecule has 1 aliphatic rings. The van der Waals surface area contributed by atoms with E-state index in [-0.39, 0.29) is 11.8 Å². The topological polar surface area (TPSA) is 60.0 Å². The Balaban J connectivity index is 1.37. The number of rotatable bonds is 6. The first kappa shape index (κ1) is 21.6. The molecule has 32 heavy (non-hydrogen) atoms. The van der Waals surface area contributed by atoms with Gasteiger partial charge in [-0.25, -0.2) is 9.18 Å². The van der Waals surface area contributed by atoms with Gasteiger partial charge in [-0.3, -0.25) is 0 Å². The number of nitrogens with zero attached hydrogens (tertiary/aromatic N) is 1. The predicted molar refractivity (Wildman–Crippen MR) is 119 cm³/mol. The van der Waals surface area contributed by atoms with Gasteiger partial charge in [-0.05, 0) is 59.7 Å². The van der Waals surface area contributed by atoms with Crippen LogP contribution in [0.4, 0.5) is 14.9 Å². The number of hydrogen-bond acceptors (Lipinski definition) is 4. The average molecular weight is 436 g/mol. The Bertz CT molecular complexity index is 1050. The van der Waals surface area contributed by atoms with Gasteiger partial charge in [0.25, 0.3) is 0 Å². The molecule has 1 N–H and O–H groups in total. The van der Waals surface area contributed by atoms with E-state index in [1.165, 1.54) is 12.1 Å². The van der Waals surface area contributed by atoms with Crippen molar-refractivity contribution in [1.82, 2.24) is 4.90 Å². The summed E-state index contributed by atoms with van der Waals surface area (Å²) in [4.78, 5) is 14.5. The van der Waals surface area contributed by atoms with Crippen molar-refractivity contribution in [3.05, 3.63) is 89.2 Å². The second kappa shape index (κ2) is 10.2. The fourth-order valence-corrected chi connectivity index (χ4v) is 3.46. The van der Waals surface area contributed by atoms with Crippen molar-refractivity contribution >= 4 is 11.7 Å². The van der Waals surface area contributed by atoms with Crippen molar-refractivity contribution in [1.29, 1.82) is 0 Å². The van der Waals surface area contributed by atoms with Gasteiger partial charge in [0.05, 0.1) is 33.4 Å². The lowest BCUT2D eigenvalue weighted by Crippen LogP contribution is -2.36. The van der Waals surface area contributed by atoms with E-state index in [9.17, 15) is 9.18 Å². The Morgan fingerprint density at radius 2 is 1.75 bits per heavy atom. The number of fused-ring (bicyclic) bond motifs is 1. The second-order valence-corrected chi connectivity index (χ2v) is 7.49. The Hall–Kier alpha value is -3.58. The van der Waals surface area contributed by atoms with E-state index in [1.54, 1.807) is 48.4 Å². The van der Waals surface area contributed by atoms with Crippen molar-refractivity contribution in [2.24, 2.45) is 0 Å². The Kier molecular flexibility index (Phi) is 6.87. The summed E-state index contributed by atoms with van der Waals surface area (Å²) in [6, 6.07) is 19.1. The van der Waals surface area contributed by atoms with Crippen LogP contribution in [0, 0.1) is 5.82 Å². The highest BCUT2D eigenvalue weighted by atomic mass is 19.1. The zero-order valence-electron chi connectivity index (χ0n) is 17.8. The lowest BCUT2D eigenvalue weighted by Gasteiger charge is -2.20. The number of carbonyl (C=O) groups excluding carboxylic acids is 1. The van der Waals surface area contributed by atoms with E-state index in [2.05, 4.69) is 5.32 Å². The molecule has 0 saturated carbocycles. The van der Waals surface area contributed by atoms with E-state index < -0.39 is 0 Å². The number of urea groups is 1. The third-order valence-corrected chi connectivity index (χ3v) is 5.18. The first-order valence-electron chi connectivity index (χ1n) is 10.4. The monoisotopic (exact) mass is 436 g/mol. The molecule has 0 aromatic heterocycles. The molecule has 7 heteroatoms. The largest absolute Gasteiger partial charge is 0.497 e. The highest BCUT2D eigenvalue weighted by Crippen LogP contribution is 2.25. The standard InChI is InChI=1S/C25H25FN2O4/c1-30-23-9-7-22(8-10-23)27-25(29)28-12-13-32-24-11-4-19(14-20(24)15-28)17-31-16-18-2-5-21(26)6-3-18/h2-11,14H,12-13,15-17H2,1H3,(H,27,29). The summed E-state index contributed by atoms with van der Waals surface area (Å²) in [5, 5.41) is 2.92. The SMILES string of the molecule is COc1ccc(NC(=O)N2CCOc3ccc(COCc4ccc(F)cc4)cc3C2)cc1. The minimum atomic E-state index is -0.264. The number of anilines is 1. The summed E-state index contributed by atoms with van der Waals surface area (Å²) in [6.45, 7) is 2.13. The molecule has 1 heterocycles. The van der Waals surface area contributed by atoms with E-state index in [1.807, 2.05) is 18.2 Å². The van der Waals surface area contributed by atoms with Crippen LogP contribution < -0.4 is 14.8 Å². The fourth-order valence-electron chi connectivity index (χ4n) is 3.46. The second-order valence-electron chi connectivity index (χ2n) is 7.49. The lowest BCUT2D eigenvalue weighted by molar-refractivity contribution is 0.107. The van der Waals surface area contributed by atoms with Crippen molar-refractivity contribution < 1.29 is 23.4 Å². The van der Waals surface area contributed by atoms with Crippen LogP contribution in [-0.2, 0) is 24.5 Å². The molecule has 0 bridgehead atoms. The summed E-state index contributed by atoms with van der Waals surface area (Å²) in [6.07, 6.45) is 0. The van der Waals surface area contributed by atoms with Gasteiger partial charge in [-0.1, -0.05) is 18.2 Å². The number of hydrogen-bond donors (Lipinski definition) is 1. The average Bonchev–Trinajstić information content (AvgIpc) is 3.03. The highest BCUT2D eigenvalue weighted by Gasteiger charge is 2.20. The molecular formula is C25H25FN2O4. The molecule has 3 aromatic rings. The molecule has 0 saturated heterocycles. The molecule has 0 fully saturated rings. The fraction of sp³-hybridized carbons (Fsp3) is 0.240. The van der Waals surface area contributed by atoms with Gasteiger partial charge in [0, 0.05) is 11.3 Å². The normalized spacial score (nSPS) is 13.0. The predicted octanol–water partition coefficient (Wildman–Crippen LogP) is 4.98. The molecular weight excluding hydrogens is 411 g/mol. The van der Waals surface area contributed by atoms with Gasteiger partial charge < -0.3 is 24.4 Å². The zero-order valence-corrected chi connectivity index (χ0v) is 17.8. The molecule has 0 radical (unpaired) electrons. The highest BCUT2D eigenvalue weighted by molar-refractivity contribution is 5.89. The quantitative estimate of drug-likeness (QED) is 0.592. The smallest absolute Gasteiger partial charge is 0.322 e. The van der Waals surface area contributed by atoms with Gasteiger partial charge in [0.1, 0.15) is 23.9 Å². The van der Waals surface area contributed by atoms with Crippen molar-refractivity contribution in [3.8, 4) is 11.5 Å². The van der Waals surface area contributed by atoms with Crippen LogP contribution in [0.15, 0.2) is 66.7 Å². The Morgan fingerprint density at radius 3 is 2.50 bits per heavy atom. The van der Waals surface area contributed by atoms with Gasteiger partial charge >= 0.3 is 6.03 Å². The van der Waals surface area contributed by atoms with Gasteiger partial charge in [0.15, 0.2) is 0 Å². The van der Waals surface area contributed by atoms with E-state index in [0.29, 0.717) is 38.6 Å². The third kappa shape index (κ3) is 5.56. The van der Waals surface area contributed by atoms with Crippen LogP contribution >= 0.6 is 0 Å². The first-order valence-corrected chi connectivity index (χ1v) is 10.4. The molecule has 0 aliphatic carbocycles. The van der Waals surface area contributed by atoms with E-state index in [4.69, 9.17) is 14.2 Å². The van der Waals surface area contributed by atoms with Gasteiger partial charge in [-0.15, -0.1) is 0 Å². The first-order chi connectivity index (χ1) is 15.6. The van der Waals surface area contributed by atoms with E-state index >= 15 is 0 Å². The minimum Gasteiger partial charge on any atom is -0.497 e. The van der Waals surface area contributed by atoms with E-state index in [0.717, 1.165) is 28.2 Å². The number of ether oxygens (including phenoxy) is 3. The maximum Gasteiger partial charge on any atom is 0.322 e. The lowest BCUT2D eigenvalue weighted by atomic mass is 10.1. The number of carbonyl (C=O) groups is 1. The molecule has 166 valence electrons. The molecule has 0 atom stereocenters. The zero-order chi connectivity index (χ0) is 22.3. The summed E-state index contributed by atoms with van der Waals surface area (Å²) < 4.78 is 29.8. The summed E-state index contributed by atoms with van der Waals surface area (Å²) >= 11 is 0. The minimum absolute atomic E-state index is 0.190.